The monoisotopic (exact) mass is 362 g/mol. The van der Waals surface area contributed by atoms with Crippen molar-refractivity contribution >= 4 is 28.9 Å². The molecule has 2 aliphatic rings. The average molecular weight is 362 g/mol. The van der Waals surface area contributed by atoms with Crippen LogP contribution in [0.5, 0.6) is 17.2 Å². The smallest absolute Gasteiger partial charge is 0.264 e. The fourth-order valence-corrected chi connectivity index (χ4v) is 3.95. The van der Waals surface area contributed by atoms with Gasteiger partial charge in [-0.05, 0) is 42.8 Å². The van der Waals surface area contributed by atoms with Crippen molar-refractivity contribution in [2.45, 2.75) is 31.7 Å². The van der Waals surface area contributed by atoms with Gasteiger partial charge in [0.25, 0.3) is 5.91 Å². The molecule has 0 unspecified atom stereocenters. The van der Waals surface area contributed by atoms with E-state index in [2.05, 4.69) is 10.3 Å². The lowest BCUT2D eigenvalue weighted by molar-refractivity contribution is -0.115. The van der Waals surface area contributed by atoms with E-state index >= 15 is 0 Å². The zero-order valence-electron chi connectivity index (χ0n) is 14.6. The van der Waals surface area contributed by atoms with Gasteiger partial charge < -0.3 is 19.5 Å². The highest BCUT2D eigenvalue weighted by molar-refractivity contribution is 8.18. The van der Waals surface area contributed by atoms with Crippen LogP contribution in [0.3, 0.4) is 0 Å². The van der Waals surface area contributed by atoms with Crippen molar-refractivity contribution in [1.29, 1.82) is 0 Å². The molecule has 1 amide bonds. The molecule has 0 spiro atoms. The van der Waals surface area contributed by atoms with Gasteiger partial charge >= 0.3 is 0 Å². The van der Waals surface area contributed by atoms with Crippen LogP contribution in [0.15, 0.2) is 22.0 Å². The number of nitrogens with zero attached hydrogens (tertiary/aromatic N) is 1. The Hall–Kier alpha value is -2.15. The molecule has 1 saturated carbocycles. The number of amides is 1. The predicted octanol–water partition coefficient (Wildman–Crippen LogP) is 3.21. The molecule has 2 fully saturated rings. The van der Waals surface area contributed by atoms with Crippen LogP contribution in [-0.4, -0.2) is 38.4 Å². The number of amidine groups is 1. The first-order valence-corrected chi connectivity index (χ1v) is 9.05. The summed E-state index contributed by atoms with van der Waals surface area (Å²) in [4.78, 5) is 17.5. The number of ether oxygens (including phenoxy) is 3. The van der Waals surface area contributed by atoms with Gasteiger partial charge in [-0.3, -0.25) is 9.79 Å². The predicted molar refractivity (Wildman–Crippen MR) is 99.5 cm³/mol. The summed E-state index contributed by atoms with van der Waals surface area (Å²) in [7, 11) is 4.69. The average Bonchev–Trinajstić information content (AvgIpc) is 3.24. The van der Waals surface area contributed by atoms with E-state index in [1.807, 2.05) is 6.07 Å². The van der Waals surface area contributed by atoms with Gasteiger partial charge in [0.2, 0.25) is 5.75 Å². The number of hydrogen-bond acceptors (Lipinski definition) is 6. The fraction of sp³-hybridized carbons (Fsp3) is 0.444. The number of rotatable bonds is 5. The van der Waals surface area contributed by atoms with Gasteiger partial charge in [0.1, 0.15) is 0 Å². The summed E-state index contributed by atoms with van der Waals surface area (Å²) in [5.74, 6) is 1.47. The minimum absolute atomic E-state index is 0.140. The molecule has 1 aliphatic heterocycles. The van der Waals surface area contributed by atoms with E-state index in [0.717, 1.165) is 18.4 Å². The zero-order chi connectivity index (χ0) is 17.8. The van der Waals surface area contributed by atoms with Crippen molar-refractivity contribution in [2.75, 3.05) is 21.3 Å². The van der Waals surface area contributed by atoms with E-state index in [0.29, 0.717) is 33.4 Å². The molecular formula is C18H22N2O4S. The van der Waals surface area contributed by atoms with Crippen molar-refractivity contribution < 1.29 is 19.0 Å². The number of methoxy groups -OCH3 is 3. The Kier molecular flexibility index (Phi) is 5.53. The Morgan fingerprint density at radius 2 is 1.84 bits per heavy atom. The van der Waals surface area contributed by atoms with Gasteiger partial charge in [-0.1, -0.05) is 12.8 Å². The summed E-state index contributed by atoms with van der Waals surface area (Å²) in [6, 6.07) is 3.96. The van der Waals surface area contributed by atoms with Gasteiger partial charge in [-0.25, -0.2) is 0 Å². The molecule has 0 bridgehead atoms. The van der Waals surface area contributed by atoms with Gasteiger partial charge in [-0.15, -0.1) is 0 Å². The highest BCUT2D eigenvalue weighted by Gasteiger charge is 2.26. The fourth-order valence-electron chi connectivity index (χ4n) is 3.07. The molecule has 6 nitrogen and oxygen atoms in total. The van der Waals surface area contributed by atoms with E-state index in [1.165, 1.54) is 24.6 Å². The number of carbonyl (C=O) groups is 1. The highest BCUT2D eigenvalue weighted by atomic mass is 32.2. The standard InChI is InChI=1S/C18H22N2O4S/c1-22-13-9-8-11(15(23-2)16(13)24-3)10-14-17(21)20-18(25-14)19-12-6-4-5-7-12/h8-10,12H,4-7H2,1-3H3,(H,19,20,21). The Labute approximate surface area is 151 Å². The number of carbonyl (C=O) groups excluding carboxylic acids is 1. The Morgan fingerprint density at radius 3 is 2.48 bits per heavy atom. The quantitative estimate of drug-likeness (QED) is 0.815. The van der Waals surface area contributed by atoms with E-state index in [-0.39, 0.29) is 5.91 Å². The van der Waals surface area contributed by atoms with E-state index in [9.17, 15) is 4.79 Å². The van der Waals surface area contributed by atoms with Crippen molar-refractivity contribution in [1.82, 2.24) is 5.32 Å². The number of hydrogen-bond donors (Lipinski definition) is 1. The maximum Gasteiger partial charge on any atom is 0.264 e. The van der Waals surface area contributed by atoms with Crippen LogP contribution in [-0.2, 0) is 4.79 Å². The van der Waals surface area contributed by atoms with Gasteiger partial charge in [0, 0.05) is 5.56 Å². The summed E-state index contributed by atoms with van der Waals surface area (Å²) in [6.07, 6.45) is 6.42. The Morgan fingerprint density at radius 1 is 1.12 bits per heavy atom. The van der Waals surface area contributed by atoms with Crippen molar-refractivity contribution in [3.63, 3.8) is 0 Å². The first kappa shape index (κ1) is 17.7. The number of aliphatic imine (C=N–C) groups is 1. The Balaban J connectivity index is 1.88. The maximum atomic E-state index is 12.3. The highest BCUT2D eigenvalue weighted by Crippen LogP contribution is 2.41. The molecule has 0 aromatic heterocycles. The largest absolute Gasteiger partial charge is 0.493 e. The lowest BCUT2D eigenvalue weighted by atomic mass is 10.1. The molecule has 1 aromatic rings. The number of thioether (sulfide) groups is 1. The SMILES string of the molecule is COc1ccc(C=C2SC(=NC3CCCC3)NC2=O)c(OC)c1OC. The molecule has 1 N–H and O–H groups in total. The molecule has 25 heavy (non-hydrogen) atoms. The summed E-state index contributed by atoms with van der Waals surface area (Å²) >= 11 is 1.37. The van der Waals surface area contributed by atoms with Crippen molar-refractivity contribution in [3.05, 3.63) is 22.6 Å². The van der Waals surface area contributed by atoms with E-state index < -0.39 is 0 Å². The third-order valence-corrected chi connectivity index (χ3v) is 5.22. The Bertz CT molecular complexity index is 724. The minimum Gasteiger partial charge on any atom is -0.493 e. The lowest BCUT2D eigenvalue weighted by Gasteiger charge is -2.14. The summed E-state index contributed by atoms with van der Waals surface area (Å²) in [5, 5.41) is 3.53. The molecule has 1 aromatic carbocycles. The van der Waals surface area contributed by atoms with Crippen LogP contribution in [0.25, 0.3) is 6.08 Å². The third-order valence-electron chi connectivity index (χ3n) is 4.30. The molecular weight excluding hydrogens is 340 g/mol. The first-order chi connectivity index (χ1) is 12.2. The second kappa shape index (κ2) is 7.82. The summed E-state index contributed by atoms with van der Waals surface area (Å²) < 4.78 is 16.1. The number of nitrogens with one attached hydrogen (secondary N) is 1. The van der Waals surface area contributed by atoms with Crippen LogP contribution in [0.2, 0.25) is 0 Å². The van der Waals surface area contributed by atoms with E-state index in [1.54, 1.807) is 33.5 Å². The maximum absolute atomic E-state index is 12.3. The minimum atomic E-state index is -0.140. The van der Waals surface area contributed by atoms with Gasteiger partial charge in [0.15, 0.2) is 16.7 Å². The van der Waals surface area contributed by atoms with Crippen LogP contribution in [0.1, 0.15) is 31.2 Å². The number of benzene rings is 1. The molecule has 0 atom stereocenters. The molecule has 7 heteroatoms. The third kappa shape index (κ3) is 3.76. The first-order valence-electron chi connectivity index (χ1n) is 8.24. The summed E-state index contributed by atoms with van der Waals surface area (Å²) in [5.41, 5.74) is 0.750. The normalized spacial score (nSPS) is 21.0. The second-order valence-electron chi connectivity index (χ2n) is 5.86. The molecule has 1 saturated heterocycles. The van der Waals surface area contributed by atoms with Gasteiger partial charge in [-0.2, -0.15) is 0 Å². The van der Waals surface area contributed by atoms with E-state index in [4.69, 9.17) is 14.2 Å². The van der Waals surface area contributed by atoms with Gasteiger partial charge in [0.05, 0.1) is 32.3 Å². The molecule has 134 valence electrons. The molecule has 0 radical (unpaired) electrons. The molecule has 1 aliphatic carbocycles. The zero-order valence-corrected chi connectivity index (χ0v) is 15.4. The van der Waals surface area contributed by atoms with Crippen LogP contribution in [0.4, 0.5) is 0 Å². The lowest BCUT2D eigenvalue weighted by Crippen LogP contribution is -2.21. The van der Waals surface area contributed by atoms with Crippen LogP contribution in [0, 0.1) is 0 Å². The van der Waals surface area contributed by atoms with Crippen molar-refractivity contribution in [3.8, 4) is 17.2 Å². The summed E-state index contributed by atoms with van der Waals surface area (Å²) in [6.45, 7) is 0. The van der Waals surface area contributed by atoms with Crippen LogP contribution < -0.4 is 19.5 Å². The van der Waals surface area contributed by atoms with Crippen LogP contribution >= 0.6 is 11.8 Å². The topological polar surface area (TPSA) is 69.2 Å². The van der Waals surface area contributed by atoms with Crippen molar-refractivity contribution in [2.24, 2.45) is 4.99 Å². The molecule has 3 rings (SSSR count). The second-order valence-corrected chi connectivity index (χ2v) is 6.89. The molecule has 1 heterocycles.